The van der Waals surface area contributed by atoms with Crippen LogP contribution in [0.15, 0.2) is 0 Å². The van der Waals surface area contributed by atoms with Crippen LogP contribution < -0.4 is 10.6 Å². The number of carbonyl (C=O) groups excluding carboxylic acids is 1. The van der Waals surface area contributed by atoms with E-state index in [0.29, 0.717) is 12.6 Å². The first-order valence-electron chi connectivity index (χ1n) is 6.03. The van der Waals surface area contributed by atoms with Gasteiger partial charge in [0.05, 0.1) is 6.42 Å². The van der Waals surface area contributed by atoms with Crippen molar-refractivity contribution < 1.29 is 14.7 Å². The number of hydrogen-bond donors (Lipinski definition) is 3. The van der Waals surface area contributed by atoms with Gasteiger partial charge >= 0.3 is 12.0 Å². The van der Waals surface area contributed by atoms with Crippen molar-refractivity contribution in [3.05, 3.63) is 0 Å². The van der Waals surface area contributed by atoms with Gasteiger partial charge in [-0.25, -0.2) is 4.79 Å². The third-order valence-corrected chi connectivity index (χ3v) is 3.04. The number of likely N-dealkylation sites (N-methyl/N-ethyl adjacent to an activating group) is 1. The Morgan fingerprint density at radius 2 is 2.12 bits per heavy atom. The van der Waals surface area contributed by atoms with E-state index in [1.54, 1.807) is 0 Å². The van der Waals surface area contributed by atoms with Gasteiger partial charge in [-0.3, -0.25) is 4.79 Å². The van der Waals surface area contributed by atoms with E-state index in [0.717, 1.165) is 13.0 Å². The summed E-state index contributed by atoms with van der Waals surface area (Å²) in [5.74, 6) is -0.905. The fourth-order valence-corrected chi connectivity index (χ4v) is 1.96. The Hall–Kier alpha value is -1.30. The van der Waals surface area contributed by atoms with E-state index >= 15 is 0 Å². The molecule has 2 amide bonds. The SMILES string of the molecule is CN1CCCCC1CNC(=O)NCCC(=O)O. The van der Waals surface area contributed by atoms with Gasteiger partial charge in [0.2, 0.25) is 0 Å². The van der Waals surface area contributed by atoms with Gasteiger partial charge in [0.25, 0.3) is 0 Å². The van der Waals surface area contributed by atoms with Crippen molar-refractivity contribution in [2.75, 3.05) is 26.7 Å². The normalized spacial score (nSPS) is 20.9. The Morgan fingerprint density at radius 3 is 2.76 bits per heavy atom. The van der Waals surface area contributed by atoms with Gasteiger partial charge < -0.3 is 20.6 Å². The first-order chi connectivity index (χ1) is 8.09. The van der Waals surface area contributed by atoms with Gasteiger partial charge in [-0.2, -0.15) is 0 Å². The maximum atomic E-state index is 11.3. The molecule has 1 aliphatic rings. The van der Waals surface area contributed by atoms with Crippen LogP contribution >= 0.6 is 0 Å². The number of rotatable bonds is 5. The molecule has 0 spiro atoms. The zero-order chi connectivity index (χ0) is 12.7. The molecule has 0 saturated carbocycles. The third-order valence-electron chi connectivity index (χ3n) is 3.04. The molecular formula is C11H21N3O3. The van der Waals surface area contributed by atoms with E-state index in [9.17, 15) is 9.59 Å². The van der Waals surface area contributed by atoms with Crippen LogP contribution in [-0.2, 0) is 4.79 Å². The van der Waals surface area contributed by atoms with Crippen LogP contribution in [0.4, 0.5) is 4.79 Å². The second kappa shape index (κ2) is 7.11. The van der Waals surface area contributed by atoms with Crippen LogP contribution in [0, 0.1) is 0 Å². The summed E-state index contributed by atoms with van der Waals surface area (Å²) in [7, 11) is 2.06. The van der Waals surface area contributed by atoms with Crippen molar-refractivity contribution in [3.8, 4) is 0 Å². The second-order valence-electron chi connectivity index (χ2n) is 4.41. The molecular weight excluding hydrogens is 222 g/mol. The van der Waals surface area contributed by atoms with E-state index in [-0.39, 0.29) is 19.0 Å². The number of hydrogen-bond acceptors (Lipinski definition) is 3. The number of carboxylic acids is 1. The van der Waals surface area contributed by atoms with Crippen LogP contribution in [0.2, 0.25) is 0 Å². The summed E-state index contributed by atoms with van der Waals surface area (Å²) in [6.07, 6.45) is 3.48. The second-order valence-corrected chi connectivity index (χ2v) is 4.41. The Labute approximate surface area is 101 Å². The summed E-state index contributed by atoms with van der Waals surface area (Å²) >= 11 is 0. The van der Waals surface area contributed by atoms with Crippen molar-refractivity contribution in [1.82, 2.24) is 15.5 Å². The van der Waals surface area contributed by atoms with Crippen molar-refractivity contribution in [3.63, 3.8) is 0 Å². The monoisotopic (exact) mass is 243 g/mol. The van der Waals surface area contributed by atoms with Crippen molar-refractivity contribution in [1.29, 1.82) is 0 Å². The maximum absolute atomic E-state index is 11.3. The molecule has 0 aromatic carbocycles. The van der Waals surface area contributed by atoms with E-state index in [1.807, 2.05) is 0 Å². The predicted molar refractivity (Wildman–Crippen MR) is 63.9 cm³/mol. The zero-order valence-corrected chi connectivity index (χ0v) is 10.2. The zero-order valence-electron chi connectivity index (χ0n) is 10.2. The molecule has 0 radical (unpaired) electrons. The first kappa shape index (κ1) is 13.8. The Kier molecular flexibility index (Phi) is 5.76. The van der Waals surface area contributed by atoms with Crippen LogP contribution in [0.25, 0.3) is 0 Å². The molecule has 1 saturated heterocycles. The molecule has 1 fully saturated rings. The number of urea groups is 1. The van der Waals surface area contributed by atoms with Gasteiger partial charge in [0.1, 0.15) is 0 Å². The minimum atomic E-state index is -0.905. The Morgan fingerprint density at radius 1 is 1.35 bits per heavy atom. The number of carboxylic acid groups (broad SMARTS) is 1. The van der Waals surface area contributed by atoms with Gasteiger partial charge in [0.15, 0.2) is 0 Å². The molecule has 0 aromatic rings. The van der Waals surface area contributed by atoms with Crippen molar-refractivity contribution in [2.24, 2.45) is 0 Å². The predicted octanol–water partition coefficient (Wildman–Crippen LogP) is 0.245. The molecule has 0 aromatic heterocycles. The molecule has 6 heteroatoms. The van der Waals surface area contributed by atoms with Crippen LogP contribution in [0.1, 0.15) is 25.7 Å². The van der Waals surface area contributed by atoms with Crippen LogP contribution in [0.5, 0.6) is 0 Å². The lowest BCUT2D eigenvalue weighted by molar-refractivity contribution is -0.136. The fourth-order valence-electron chi connectivity index (χ4n) is 1.96. The number of piperidine rings is 1. The fraction of sp³-hybridized carbons (Fsp3) is 0.818. The van der Waals surface area contributed by atoms with Gasteiger partial charge in [-0.1, -0.05) is 6.42 Å². The Bertz CT molecular complexity index is 271. The number of aliphatic carboxylic acids is 1. The van der Waals surface area contributed by atoms with E-state index < -0.39 is 5.97 Å². The average Bonchev–Trinajstić information content (AvgIpc) is 2.27. The molecule has 1 heterocycles. The van der Waals surface area contributed by atoms with Crippen LogP contribution in [-0.4, -0.2) is 54.7 Å². The lowest BCUT2D eigenvalue weighted by Crippen LogP contribution is -2.47. The average molecular weight is 243 g/mol. The number of carbonyl (C=O) groups is 2. The highest BCUT2D eigenvalue weighted by atomic mass is 16.4. The number of likely N-dealkylation sites (tertiary alicyclic amines) is 1. The van der Waals surface area contributed by atoms with E-state index in [2.05, 4.69) is 22.6 Å². The summed E-state index contributed by atoms with van der Waals surface area (Å²) < 4.78 is 0. The van der Waals surface area contributed by atoms with Crippen LogP contribution in [0.3, 0.4) is 0 Å². The highest BCUT2D eigenvalue weighted by molar-refractivity contribution is 5.74. The molecule has 1 aliphatic heterocycles. The molecule has 0 aliphatic carbocycles. The molecule has 1 atom stereocenters. The molecule has 1 rings (SSSR count). The lowest BCUT2D eigenvalue weighted by Gasteiger charge is -2.32. The molecule has 3 N–H and O–H groups in total. The lowest BCUT2D eigenvalue weighted by atomic mass is 10.0. The molecule has 0 bridgehead atoms. The van der Waals surface area contributed by atoms with Crippen molar-refractivity contribution >= 4 is 12.0 Å². The smallest absolute Gasteiger partial charge is 0.314 e. The summed E-state index contributed by atoms with van der Waals surface area (Å²) in [6, 6.07) is 0.110. The molecule has 1 unspecified atom stereocenters. The molecule has 17 heavy (non-hydrogen) atoms. The minimum Gasteiger partial charge on any atom is -0.481 e. The van der Waals surface area contributed by atoms with E-state index in [4.69, 9.17) is 5.11 Å². The number of amides is 2. The summed E-state index contributed by atoms with van der Waals surface area (Å²) in [4.78, 5) is 23.8. The maximum Gasteiger partial charge on any atom is 0.314 e. The highest BCUT2D eigenvalue weighted by Gasteiger charge is 2.18. The van der Waals surface area contributed by atoms with Gasteiger partial charge in [-0.15, -0.1) is 0 Å². The quantitative estimate of drug-likeness (QED) is 0.646. The van der Waals surface area contributed by atoms with Gasteiger partial charge in [0, 0.05) is 19.1 Å². The molecule has 98 valence electrons. The van der Waals surface area contributed by atoms with E-state index in [1.165, 1.54) is 12.8 Å². The summed E-state index contributed by atoms with van der Waals surface area (Å²) in [5, 5.41) is 13.7. The topological polar surface area (TPSA) is 81.7 Å². The van der Waals surface area contributed by atoms with Crippen molar-refractivity contribution in [2.45, 2.75) is 31.7 Å². The standard InChI is InChI=1S/C11H21N3O3/c1-14-7-3-2-4-9(14)8-13-11(17)12-6-5-10(15)16/h9H,2-8H2,1H3,(H,15,16)(H2,12,13,17). The number of nitrogens with zero attached hydrogens (tertiary/aromatic N) is 1. The summed E-state index contributed by atoms with van der Waals surface area (Å²) in [5.41, 5.74) is 0. The highest BCUT2D eigenvalue weighted by Crippen LogP contribution is 2.13. The first-order valence-corrected chi connectivity index (χ1v) is 6.03. The third kappa shape index (κ3) is 5.53. The largest absolute Gasteiger partial charge is 0.481 e. The van der Waals surface area contributed by atoms with Gasteiger partial charge in [-0.05, 0) is 26.4 Å². The molecule has 6 nitrogen and oxygen atoms in total. The number of nitrogens with one attached hydrogen (secondary N) is 2. The minimum absolute atomic E-state index is 0.0449. The Balaban J connectivity index is 2.12. The summed E-state index contributed by atoms with van der Waals surface area (Å²) in [6.45, 7) is 1.87.